The van der Waals surface area contributed by atoms with Crippen LogP contribution in [0, 0.1) is 12.3 Å². The second-order valence-electron chi connectivity index (χ2n) is 12.2. The molecular formula is C28H34F3N7O3. The maximum Gasteiger partial charge on any atom is 0.416 e. The first-order valence-corrected chi connectivity index (χ1v) is 13.4. The van der Waals surface area contributed by atoms with Gasteiger partial charge >= 0.3 is 12.3 Å². The van der Waals surface area contributed by atoms with Gasteiger partial charge < -0.3 is 21.1 Å². The summed E-state index contributed by atoms with van der Waals surface area (Å²) in [6.07, 6.45) is 0.587. The molecule has 2 fully saturated rings. The molecule has 5 rings (SSSR count). The minimum atomic E-state index is -4.46. The standard InChI is InChI=1S/C28H34F3N7O3/c1-16-5-6-17(9-20(16)28(29,30)31)13-37-14-18(12-34-37)22-21(24(33)39)23(32)38(35-22)19-10-27(11-19)7-8-36(15-27)25(40)41-26(2,3)4/h5-6,9,12,14,19H,7-8,10-11,13,15,32H2,1-4H3,(H2,33,39). The first-order chi connectivity index (χ1) is 19.1. The fourth-order valence-electron chi connectivity index (χ4n) is 5.87. The second-order valence-corrected chi connectivity index (χ2v) is 12.2. The molecule has 3 aromatic rings. The van der Waals surface area contributed by atoms with Crippen molar-refractivity contribution in [3.63, 3.8) is 0 Å². The predicted octanol–water partition coefficient (Wildman–Crippen LogP) is 4.77. The van der Waals surface area contributed by atoms with Crippen LogP contribution in [0.25, 0.3) is 11.3 Å². The van der Waals surface area contributed by atoms with Gasteiger partial charge in [-0.2, -0.15) is 23.4 Å². The lowest BCUT2D eigenvalue weighted by molar-refractivity contribution is -0.138. The summed E-state index contributed by atoms with van der Waals surface area (Å²) in [6.45, 7) is 8.19. The highest BCUT2D eigenvalue weighted by Crippen LogP contribution is 2.55. The van der Waals surface area contributed by atoms with Crippen molar-refractivity contribution in [2.45, 2.75) is 71.3 Å². The van der Waals surface area contributed by atoms with Crippen molar-refractivity contribution in [1.29, 1.82) is 0 Å². The molecule has 1 aliphatic heterocycles. The van der Waals surface area contributed by atoms with Crippen molar-refractivity contribution >= 4 is 17.8 Å². The molecule has 1 aliphatic carbocycles. The number of amides is 2. The number of alkyl halides is 3. The Morgan fingerprint density at radius 1 is 1.20 bits per heavy atom. The van der Waals surface area contributed by atoms with Gasteiger partial charge in [0, 0.05) is 24.8 Å². The summed E-state index contributed by atoms with van der Waals surface area (Å²) >= 11 is 0. The minimum absolute atomic E-state index is 0.0683. The molecule has 1 aromatic carbocycles. The van der Waals surface area contributed by atoms with Crippen LogP contribution in [-0.4, -0.2) is 55.2 Å². The quantitative estimate of drug-likeness (QED) is 0.452. The van der Waals surface area contributed by atoms with E-state index in [4.69, 9.17) is 16.2 Å². The van der Waals surface area contributed by atoms with Crippen molar-refractivity contribution in [2.75, 3.05) is 18.8 Å². The summed E-state index contributed by atoms with van der Waals surface area (Å²) in [6, 6.07) is 4.08. The highest BCUT2D eigenvalue weighted by Gasteiger charge is 2.51. The smallest absolute Gasteiger partial charge is 0.416 e. The topological polar surface area (TPSA) is 134 Å². The number of hydrogen-bond acceptors (Lipinski definition) is 6. The van der Waals surface area contributed by atoms with Crippen LogP contribution in [0.5, 0.6) is 0 Å². The van der Waals surface area contributed by atoms with E-state index >= 15 is 0 Å². The number of nitrogens with zero attached hydrogens (tertiary/aromatic N) is 5. The van der Waals surface area contributed by atoms with Gasteiger partial charge in [-0.1, -0.05) is 12.1 Å². The van der Waals surface area contributed by atoms with Crippen molar-refractivity contribution in [3.05, 3.63) is 52.8 Å². The zero-order valence-corrected chi connectivity index (χ0v) is 23.5. The molecule has 13 heteroatoms. The molecule has 4 N–H and O–H groups in total. The Kier molecular flexibility index (Phi) is 6.82. The predicted molar refractivity (Wildman–Crippen MR) is 145 cm³/mol. The number of aromatic nitrogens is 4. The molecule has 0 radical (unpaired) electrons. The Morgan fingerprint density at radius 2 is 1.90 bits per heavy atom. The maximum absolute atomic E-state index is 13.4. The van der Waals surface area contributed by atoms with Gasteiger partial charge in [0.15, 0.2) is 0 Å². The summed E-state index contributed by atoms with van der Waals surface area (Å²) in [7, 11) is 0. The van der Waals surface area contributed by atoms with E-state index in [1.807, 2.05) is 20.8 Å². The molecule has 41 heavy (non-hydrogen) atoms. The lowest BCUT2D eigenvalue weighted by Crippen LogP contribution is -2.43. The van der Waals surface area contributed by atoms with E-state index in [9.17, 15) is 22.8 Å². The molecule has 10 nitrogen and oxygen atoms in total. The summed E-state index contributed by atoms with van der Waals surface area (Å²) in [4.78, 5) is 26.7. The number of aryl methyl sites for hydroxylation is 1. The number of rotatable bonds is 5. The van der Waals surface area contributed by atoms with E-state index in [0.29, 0.717) is 24.2 Å². The van der Waals surface area contributed by atoms with Crippen molar-refractivity contribution in [2.24, 2.45) is 11.1 Å². The number of ether oxygens (including phenoxy) is 1. The molecule has 1 spiro atoms. The molecule has 220 valence electrons. The van der Waals surface area contributed by atoms with Crippen LogP contribution in [0.3, 0.4) is 0 Å². The number of anilines is 1. The number of carbonyl (C=O) groups excluding carboxylic acids is 2. The molecule has 1 saturated carbocycles. The summed E-state index contributed by atoms with van der Waals surface area (Å²) in [5, 5.41) is 8.91. The Labute approximate surface area is 235 Å². The molecular weight excluding hydrogens is 539 g/mol. The lowest BCUT2D eigenvalue weighted by Gasteiger charge is -2.45. The largest absolute Gasteiger partial charge is 0.444 e. The molecule has 1 saturated heterocycles. The molecule has 2 aromatic heterocycles. The third kappa shape index (κ3) is 5.62. The van der Waals surface area contributed by atoms with E-state index in [1.54, 1.807) is 21.8 Å². The van der Waals surface area contributed by atoms with Gasteiger partial charge in [0.2, 0.25) is 0 Å². The molecule has 2 amide bonds. The summed E-state index contributed by atoms with van der Waals surface area (Å²) in [5.74, 6) is -0.591. The van der Waals surface area contributed by atoms with Gasteiger partial charge in [-0.25, -0.2) is 9.48 Å². The highest BCUT2D eigenvalue weighted by atomic mass is 19.4. The number of primary amides is 1. The first-order valence-electron chi connectivity index (χ1n) is 13.4. The van der Waals surface area contributed by atoms with Gasteiger partial charge in [-0.15, -0.1) is 0 Å². The minimum Gasteiger partial charge on any atom is -0.444 e. The van der Waals surface area contributed by atoms with Gasteiger partial charge in [0.25, 0.3) is 5.91 Å². The number of nitrogens with two attached hydrogens (primary N) is 2. The second kappa shape index (κ2) is 9.81. The maximum atomic E-state index is 13.4. The van der Waals surface area contributed by atoms with Gasteiger partial charge in [-0.05, 0) is 69.6 Å². The van der Waals surface area contributed by atoms with Crippen molar-refractivity contribution in [3.8, 4) is 11.3 Å². The number of benzene rings is 1. The number of halogens is 3. The highest BCUT2D eigenvalue weighted by molar-refractivity contribution is 6.03. The zero-order valence-electron chi connectivity index (χ0n) is 23.5. The lowest BCUT2D eigenvalue weighted by atomic mass is 9.65. The normalized spacial score (nSPS) is 20.9. The Morgan fingerprint density at radius 3 is 2.54 bits per heavy atom. The van der Waals surface area contributed by atoms with E-state index in [2.05, 4.69) is 10.2 Å². The first kappa shape index (κ1) is 28.5. The van der Waals surface area contributed by atoms with Gasteiger partial charge in [-0.3, -0.25) is 9.48 Å². The SMILES string of the molecule is Cc1ccc(Cn2cc(-c3nn(C4CC5(CCN(C(=O)OC(C)(C)C)C5)C4)c(N)c3C(N)=O)cn2)cc1C(F)(F)F. The van der Waals surface area contributed by atoms with E-state index in [1.165, 1.54) is 23.9 Å². The van der Waals surface area contributed by atoms with Crippen LogP contribution in [-0.2, 0) is 17.5 Å². The number of nitrogen functional groups attached to an aromatic ring is 1. The Bertz CT molecular complexity index is 1500. The van der Waals surface area contributed by atoms with Crippen LogP contribution in [0.2, 0.25) is 0 Å². The number of hydrogen-bond donors (Lipinski definition) is 2. The van der Waals surface area contributed by atoms with Crippen LogP contribution in [0.4, 0.5) is 23.8 Å². The van der Waals surface area contributed by atoms with Crippen LogP contribution in [0.15, 0.2) is 30.6 Å². The van der Waals surface area contributed by atoms with Gasteiger partial charge in [0.05, 0.1) is 24.3 Å². The number of carbonyl (C=O) groups is 2. The van der Waals surface area contributed by atoms with E-state index in [-0.39, 0.29) is 46.7 Å². The fourth-order valence-corrected chi connectivity index (χ4v) is 5.87. The summed E-state index contributed by atoms with van der Waals surface area (Å²) < 4.78 is 48.7. The monoisotopic (exact) mass is 573 g/mol. The zero-order chi connectivity index (χ0) is 29.9. The summed E-state index contributed by atoms with van der Waals surface area (Å²) in [5.41, 5.74) is 12.1. The molecule has 2 aliphatic rings. The molecule has 3 heterocycles. The molecule has 0 bridgehead atoms. The fraction of sp³-hybridized carbons (Fsp3) is 0.500. The van der Waals surface area contributed by atoms with Crippen molar-refractivity contribution in [1.82, 2.24) is 24.5 Å². The van der Waals surface area contributed by atoms with Crippen molar-refractivity contribution < 1.29 is 27.5 Å². The molecule has 0 atom stereocenters. The van der Waals surface area contributed by atoms with E-state index in [0.717, 1.165) is 25.3 Å². The average molecular weight is 574 g/mol. The Balaban J connectivity index is 1.33. The third-order valence-electron chi connectivity index (χ3n) is 7.83. The van der Waals surface area contributed by atoms with E-state index < -0.39 is 23.2 Å². The average Bonchev–Trinajstić information content (AvgIpc) is 3.54. The van der Waals surface area contributed by atoms with Crippen LogP contribution in [0.1, 0.15) is 73.1 Å². The third-order valence-corrected chi connectivity index (χ3v) is 7.83. The molecule has 0 unspecified atom stereocenters. The Hall–Kier alpha value is -4.03. The number of likely N-dealkylation sites (tertiary alicyclic amines) is 1. The van der Waals surface area contributed by atoms with Crippen LogP contribution < -0.4 is 11.5 Å². The van der Waals surface area contributed by atoms with Crippen LogP contribution >= 0.6 is 0 Å². The van der Waals surface area contributed by atoms with Gasteiger partial charge in [0.1, 0.15) is 22.7 Å².